The van der Waals surface area contributed by atoms with Gasteiger partial charge in [0.25, 0.3) is 0 Å². The third-order valence-corrected chi connectivity index (χ3v) is 3.15. The summed E-state index contributed by atoms with van der Waals surface area (Å²) in [7, 11) is 0. The Morgan fingerprint density at radius 2 is 2.00 bits per heavy atom. The van der Waals surface area contributed by atoms with Crippen molar-refractivity contribution in [2.24, 2.45) is 5.73 Å². The highest BCUT2D eigenvalue weighted by atomic mass is 32.2. The summed E-state index contributed by atoms with van der Waals surface area (Å²) in [6, 6.07) is 6.48. The van der Waals surface area contributed by atoms with Gasteiger partial charge in [-0.15, -0.1) is 11.8 Å². The molecule has 0 fully saturated rings. The first kappa shape index (κ1) is 12.0. The van der Waals surface area contributed by atoms with E-state index in [1.807, 2.05) is 6.07 Å². The molecule has 2 N–H and O–H groups in total. The number of thioether (sulfide) groups is 1. The molecule has 0 spiro atoms. The van der Waals surface area contributed by atoms with Crippen molar-refractivity contribution in [1.82, 2.24) is 9.97 Å². The molecule has 1 aromatic carbocycles. The predicted molar refractivity (Wildman–Crippen MR) is 65.9 cm³/mol. The topological polar surface area (TPSA) is 51.8 Å². The zero-order valence-electron chi connectivity index (χ0n) is 9.14. The van der Waals surface area contributed by atoms with Crippen LogP contribution in [0.3, 0.4) is 0 Å². The van der Waals surface area contributed by atoms with E-state index in [1.54, 1.807) is 18.5 Å². The zero-order valence-corrected chi connectivity index (χ0v) is 9.95. The van der Waals surface area contributed by atoms with Crippen molar-refractivity contribution in [3.8, 4) is 0 Å². The Hall–Kier alpha value is -1.46. The lowest BCUT2D eigenvalue weighted by Gasteiger charge is -2.01. The molecule has 0 aliphatic carbocycles. The number of hydrogen-bond donors (Lipinski definition) is 1. The van der Waals surface area contributed by atoms with Crippen LogP contribution in [-0.4, -0.2) is 9.97 Å². The van der Waals surface area contributed by atoms with Crippen molar-refractivity contribution in [1.29, 1.82) is 0 Å². The van der Waals surface area contributed by atoms with Crippen LogP contribution in [0.1, 0.15) is 11.4 Å². The molecule has 0 unspecified atom stereocenters. The van der Waals surface area contributed by atoms with Gasteiger partial charge in [-0.05, 0) is 18.2 Å². The Kier molecular flexibility index (Phi) is 4.06. The molecule has 17 heavy (non-hydrogen) atoms. The molecule has 0 saturated heterocycles. The SMILES string of the molecule is NCc1cnc(CSc2cccc(F)c2)nc1. The van der Waals surface area contributed by atoms with Gasteiger partial charge in [-0.1, -0.05) is 6.07 Å². The molecule has 2 rings (SSSR count). The molecule has 2 aromatic rings. The molecular weight excluding hydrogens is 237 g/mol. The van der Waals surface area contributed by atoms with Crippen LogP contribution >= 0.6 is 11.8 Å². The Bertz CT molecular complexity index is 487. The Morgan fingerprint density at radius 1 is 1.24 bits per heavy atom. The molecule has 0 radical (unpaired) electrons. The van der Waals surface area contributed by atoms with E-state index in [0.29, 0.717) is 12.3 Å². The van der Waals surface area contributed by atoms with Gasteiger partial charge in [-0.3, -0.25) is 0 Å². The molecule has 0 aliphatic heterocycles. The van der Waals surface area contributed by atoms with E-state index in [-0.39, 0.29) is 5.82 Å². The number of hydrogen-bond acceptors (Lipinski definition) is 4. The zero-order chi connectivity index (χ0) is 12.1. The van der Waals surface area contributed by atoms with Crippen LogP contribution in [-0.2, 0) is 12.3 Å². The van der Waals surface area contributed by atoms with E-state index in [9.17, 15) is 4.39 Å². The van der Waals surface area contributed by atoms with E-state index in [2.05, 4.69) is 9.97 Å². The summed E-state index contributed by atoms with van der Waals surface area (Å²) in [4.78, 5) is 9.23. The molecule has 0 saturated carbocycles. The molecule has 1 aromatic heterocycles. The predicted octanol–water partition coefficient (Wildman–Crippen LogP) is 2.37. The van der Waals surface area contributed by atoms with Crippen LogP contribution in [0, 0.1) is 5.82 Å². The fraction of sp³-hybridized carbons (Fsp3) is 0.167. The first-order valence-corrected chi connectivity index (χ1v) is 6.15. The van der Waals surface area contributed by atoms with Gasteiger partial charge in [0.2, 0.25) is 0 Å². The second kappa shape index (κ2) is 5.75. The molecular formula is C12H12FN3S. The van der Waals surface area contributed by atoms with E-state index >= 15 is 0 Å². The van der Waals surface area contributed by atoms with Gasteiger partial charge in [0.05, 0.1) is 5.75 Å². The van der Waals surface area contributed by atoms with Crippen molar-refractivity contribution < 1.29 is 4.39 Å². The Morgan fingerprint density at radius 3 is 2.65 bits per heavy atom. The summed E-state index contributed by atoms with van der Waals surface area (Å²) in [6.07, 6.45) is 3.43. The van der Waals surface area contributed by atoms with E-state index < -0.39 is 0 Å². The number of halogens is 1. The van der Waals surface area contributed by atoms with Crippen molar-refractivity contribution in [3.63, 3.8) is 0 Å². The molecule has 3 nitrogen and oxygen atoms in total. The number of benzene rings is 1. The highest BCUT2D eigenvalue weighted by Crippen LogP contribution is 2.21. The van der Waals surface area contributed by atoms with Crippen LogP contribution < -0.4 is 5.73 Å². The lowest BCUT2D eigenvalue weighted by atomic mass is 10.3. The molecule has 0 bridgehead atoms. The standard InChI is InChI=1S/C12H12FN3S/c13-10-2-1-3-11(4-10)17-8-12-15-6-9(5-14)7-16-12/h1-4,6-7H,5,8,14H2. The highest BCUT2D eigenvalue weighted by Gasteiger charge is 2.00. The fourth-order valence-corrected chi connectivity index (χ4v) is 2.08. The summed E-state index contributed by atoms with van der Waals surface area (Å²) in [5, 5.41) is 0. The van der Waals surface area contributed by atoms with Gasteiger partial charge in [0.15, 0.2) is 0 Å². The third-order valence-electron chi connectivity index (χ3n) is 2.16. The summed E-state index contributed by atoms with van der Waals surface area (Å²) < 4.78 is 12.9. The Labute approximate surface area is 103 Å². The van der Waals surface area contributed by atoms with E-state index in [4.69, 9.17) is 5.73 Å². The van der Waals surface area contributed by atoms with Crippen LogP contribution in [0.5, 0.6) is 0 Å². The van der Waals surface area contributed by atoms with Crippen LogP contribution in [0.25, 0.3) is 0 Å². The minimum atomic E-state index is -0.227. The summed E-state index contributed by atoms with van der Waals surface area (Å²) in [5.74, 6) is 1.11. The van der Waals surface area contributed by atoms with Crippen molar-refractivity contribution in [2.75, 3.05) is 0 Å². The molecule has 1 heterocycles. The third kappa shape index (κ3) is 3.51. The van der Waals surface area contributed by atoms with Crippen molar-refractivity contribution >= 4 is 11.8 Å². The van der Waals surface area contributed by atoms with Gasteiger partial charge < -0.3 is 5.73 Å². The van der Waals surface area contributed by atoms with Gasteiger partial charge in [0.1, 0.15) is 11.6 Å². The minimum absolute atomic E-state index is 0.227. The molecule has 88 valence electrons. The maximum Gasteiger partial charge on any atom is 0.138 e. The normalized spacial score (nSPS) is 10.5. The van der Waals surface area contributed by atoms with Gasteiger partial charge in [-0.2, -0.15) is 0 Å². The first-order chi connectivity index (χ1) is 8.28. The fourth-order valence-electron chi connectivity index (χ4n) is 1.27. The van der Waals surface area contributed by atoms with Gasteiger partial charge in [0, 0.05) is 29.4 Å². The largest absolute Gasteiger partial charge is 0.326 e. The lowest BCUT2D eigenvalue weighted by Crippen LogP contribution is -2.00. The highest BCUT2D eigenvalue weighted by molar-refractivity contribution is 7.98. The summed E-state index contributed by atoms with van der Waals surface area (Å²) in [6.45, 7) is 0.442. The molecule has 0 atom stereocenters. The number of rotatable bonds is 4. The molecule has 0 aliphatic rings. The summed E-state index contributed by atoms with van der Waals surface area (Å²) in [5.41, 5.74) is 6.36. The van der Waals surface area contributed by atoms with Crippen molar-refractivity contribution in [2.45, 2.75) is 17.2 Å². The maximum absolute atomic E-state index is 12.9. The van der Waals surface area contributed by atoms with Gasteiger partial charge in [-0.25, -0.2) is 14.4 Å². The van der Waals surface area contributed by atoms with Crippen molar-refractivity contribution in [3.05, 3.63) is 53.9 Å². The average molecular weight is 249 g/mol. The van der Waals surface area contributed by atoms with E-state index in [0.717, 1.165) is 16.3 Å². The van der Waals surface area contributed by atoms with Crippen LogP contribution in [0.15, 0.2) is 41.6 Å². The average Bonchev–Trinajstić information content (AvgIpc) is 2.37. The monoisotopic (exact) mass is 249 g/mol. The maximum atomic E-state index is 12.9. The quantitative estimate of drug-likeness (QED) is 0.845. The minimum Gasteiger partial charge on any atom is -0.326 e. The number of nitrogens with two attached hydrogens (primary N) is 1. The lowest BCUT2D eigenvalue weighted by molar-refractivity contribution is 0.624. The van der Waals surface area contributed by atoms with Gasteiger partial charge >= 0.3 is 0 Å². The second-order valence-corrected chi connectivity index (χ2v) is 4.51. The smallest absolute Gasteiger partial charge is 0.138 e. The first-order valence-electron chi connectivity index (χ1n) is 5.16. The summed E-state index contributed by atoms with van der Waals surface area (Å²) >= 11 is 1.50. The van der Waals surface area contributed by atoms with E-state index in [1.165, 1.54) is 23.9 Å². The molecule has 5 heteroatoms. The molecule has 0 amide bonds. The second-order valence-electron chi connectivity index (χ2n) is 3.46. The van der Waals surface area contributed by atoms with Crippen LogP contribution in [0.2, 0.25) is 0 Å². The van der Waals surface area contributed by atoms with Crippen LogP contribution in [0.4, 0.5) is 4.39 Å². The number of aromatic nitrogens is 2. The Balaban J connectivity index is 1.97. The number of nitrogens with zero attached hydrogens (tertiary/aromatic N) is 2.